The van der Waals surface area contributed by atoms with Crippen LogP contribution in [0.1, 0.15) is 49.4 Å². The smallest absolute Gasteiger partial charge is 0.0451 e. The minimum absolute atomic E-state index is 0.468. The van der Waals surface area contributed by atoms with E-state index in [-0.39, 0.29) is 0 Å². The van der Waals surface area contributed by atoms with E-state index in [0.717, 1.165) is 19.0 Å². The Bertz CT molecular complexity index is 427. The molecule has 1 aliphatic rings. The standard InChI is InChI=1S/C18H30N2/c1-5-16-9-10-20(12-16)13-18(19-6-2)17-11-14(3)7-8-15(17)4/h7-8,11,16,18-19H,5-6,9-10,12-13H2,1-4H3. The van der Waals surface area contributed by atoms with Crippen molar-refractivity contribution in [2.75, 3.05) is 26.2 Å². The van der Waals surface area contributed by atoms with E-state index >= 15 is 0 Å². The van der Waals surface area contributed by atoms with Gasteiger partial charge in [0.15, 0.2) is 0 Å². The number of hydrogen-bond donors (Lipinski definition) is 1. The van der Waals surface area contributed by atoms with E-state index in [1.807, 2.05) is 0 Å². The Labute approximate surface area is 124 Å². The molecule has 2 atom stereocenters. The van der Waals surface area contributed by atoms with Crippen LogP contribution < -0.4 is 5.32 Å². The molecule has 0 radical (unpaired) electrons. The zero-order valence-corrected chi connectivity index (χ0v) is 13.6. The monoisotopic (exact) mass is 274 g/mol. The van der Waals surface area contributed by atoms with E-state index in [0.29, 0.717) is 6.04 Å². The van der Waals surface area contributed by atoms with Crippen LogP contribution >= 0.6 is 0 Å². The van der Waals surface area contributed by atoms with E-state index in [1.165, 1.54) is 42.6 Å². The molecule has 2 nitrogen and oxygen atoms in total. The number of rotatable bonds is 6. The van der Waals surface area contributed by atoms with Gasteiger partial charge in [-0.1, -0.05) is 44.0 Å². The molecule has 0 aliphatic carbocycles. The molecule has 1 aliphatic heterocycles. The Morgan fingerprint density at radius 1 is 1.30 bits per heavy atom. The Balaban J connectivity index is 2.08. The van der Waals surface area contributed by atoms with Crippen molar-refractivity contribution < 1.29 is 0 Å². The summed E-state index contributed by atoms with van der Waals surface area (Å²) in [6, 6.07) is 7.30. The number of hydrogen-bond acceptors (Lipinski definition) is 2. The highest BCUT2D eigenvalue weighted by Crippen LogP contribution is 2.24. The Hall–Kier alpha value is -0.860. The van der Waals surface area contributed by atoms with Gasteiger partial charge in [0.2, 0.25) is 0 Å². The van der Waals surface area contributed by atoms with Crippen LogP contribution in [0.3, 0.4) is 0 Å². The lowest BCUT2D eigenvalue weighted by Crippen LogP contribution is -2.34. The quantitative estimate of drug-likeness (QED) is 0.851. The Morgan fingerprint density at radius 3 is 2.75 bits per heavy atom. The summed E-state index contributed by atoms with van der Waals surface area (Å²) in [5.41, 5.74) is 4.25. The first-order valence-electron chi connectivity index (χ1n) is 8.16. The summed E-state index contributed by atoms with van der Waals surface area (Å²) >= 11 is 0. The maximum Gasteiger partial charge on any atom is 0.0451 e. The van der Waals surface area contributed by atoms with E-state index in [9.17, 15) is 0 Å². The number of nitrogens with one attached hydrogen (secondary N) is 1. The second kappa shape index (κ2) is 7.24. The van der Waals surface area contributed by atoms with Crippen LogP contribution in [0.2, 0.25) is 0 Å². The highest BCUT2D eigenvalue weighted by atomic mass is 15.2. The molecule has 112 valence electrons. The van der Waals surface area contributed by atoms with Crippen molar-refractivity contribution >= 4 is 0 Å². The molecule has 1 aromatic carbocycles. The van der Waals surface area contributed by atoms with Crippen molar-refractivity contribution in [2.45, 2.75) is 46.6 Å². The lowest BCUT2D eigenvalue weighted by atomic mass is 9.98. The molecular weight excluding hydrogens is 244 g/mol. The minimum atomic E-state index is 0.468. The number of nitrogens with zero attached hydrogens (tertiary/aromatic N) is 1. The average Bonchev–Trinajstić information content (AvgIpc) is 2.89. The molecule has 1 saturated heterocycles. The van der Waals surface area contributed by atoms with Crippen molar-refractivity contribution in [3.63, 3.8) is 0 Å². The molecule has 1 aromatic rings. The normalized spacial score (nSPS) is 21.3. The van der Waals surface area contributed by atoms with E-state index in [2.05, 4.69) is 56.1 Å². The molecule has 2 unspecified atom stereocenters. The summed E-state index contributed by atoms with van der Waals surface area (Å²) in [5.74, 6) is 0.913. The van der Waals surface area contributed by atoms with Gasteiger partial charge in [0.25, 0.3) is 0 Å². The van der Waals surface area contributed by atoms with Gasteiger partial charge in [0.1, 0.15) is 0 Å². The van der Waals surface area contributed by atoms with Crippen molar-refractivity contribution in [3.8, 4) is 0 Å². The summed E-state index contributed by atoms with van der Waals surface area (Å²) in [7, 11) is 0. The predicted octanol–water partition coefficient (Wildman–Crippen LogP) is 3.69. The molecule has 1 N–H and O–H groups in total. The number of aryl methyl sites for hydroxylation is 2. The maximum absolute atomic E-state index is 3.69. The molecule has 1 heterocycles. The van der Waals surface area contributed by atoms with Crippen LogP contribution in [0.15, 0.2) is 18.2 Å². The molecule has 0 spiro atoms. The summed E-state index contributed by atoms with van der Waals surface area (Å²) in [5, 5.41) is 3.69. The van der Waals surface area contributed by atoms with E-state index in [4.69, 9.17) is 0 Å². The van der Waals surface area contributed by atoms with Gasteiger partial charge in [0, 0.05) is 19.1 Å². The average molecular weight is 274 g/mol. The third-order valence-corrected chi connectivity index (χ3v) is 4.65. The molecule has 0 saturated carbocycles. The summed E-state index contributed by atoms with van der Waals surface area (Å²) in [6.07, 6.45) is 2.70. The van der Waals surface area contributed by atoms with Gasteiger partial charge in [-0.05, 0) is 50.4 Å². The highest BCUT2D eigenvalue weighted by Gasteiger charge is 2.24. The third kappa shape index (κ3) is 3.83. The predicted molar refractivity (Wildman–Crippen MR) is 87.2 cm³/mol. The van der Waals surface area contributed by atoms with Crippen LogP contribution in [-0.4, -0.2) is 31.1 Å². The number of likely N-dealkylation sites (tertiary alicyclic amines) is 1. The van der Waals surface area contributed by atoms with Crippen molar-refractivity contribution in [2.24, 2.45) is 5.92 Å². The van der Waals surface area contributed by atoms with Gasteiger partial charge < -0.3 is 10.2 Å². The number of benzene rings is 1. The lowest BCUT2D eigenvalue weighted by molar-refractivity contribution is 0.282. The largest absolute Gasteiger partial charge is 0.309 e. The fourth-order valence-corrected chi connectivity index (χ4v) is 3.32. The highest BCUT2D eigenvalue weighted by molar-refractivity contribution is 5.33. The molecule has 20 heavy (non-hydrogen) atoms. The summed E-state index contributed by atoms with van der Waals surface area (Å²) < 4.78 is 0. The first-order valence-corrected chi connectivity index (χ1v) is 8.16. The second-order valence-corrected chi connectivity index (χ2v) is 6.29. The minimum Gasteiger partial charge on any atom is -0.309 e. The first kappa shape index (κ1) is 15.5. The molecule has 0 amide bonds. The lowest BCUT2D eigenvalue weighted by Gasteiger charge is -2.26. The molecule has 1 fully saturated rings. The zero-order valence-electron chi connectivity index (χ0n) is 13.6. The van der Waals surface area contributed by atoms with Crippen LogP contribution in [-0.2, 0) is 0 Å². The van der Waals surface area contributed by atoms with Gasteiger partial charge in [-0.2, -0.15) is 0 Å². The Morgan fingerprint density at radius 2 is 2.10 bits per heavy atom. The topological polar surface area (TPSA) is 15.3 Å². The third-order valence-electron chi connectivity index (χ3n) is 4.65. The second-order valence-electron chi connectivity index (χ2n) is 6.29. The summed E-state index contributed by atoms with van der Waals surface area (Å²) in [4.78, 5) is 2.64. The van der Waals surface area contributed by atoms with E-state index in [1.54, 1.807) is 0 Å². The van der Waals surface area contributed by atoms with Crippen LogP contribution in [0.25, 0.3) is 0 Å². The summed E-state index contributed by atoms with van der Waals surface area (Å²) in [6.45, 7) is 13.7. The number of likely N-dealkylation sites (N-methyl/N-ethyl adjacent to an activating group) is 1. The van der Waals surface area contributed by atoms with E-state index < -0.39 is 0 Å². The van der Waals surface area contributed by atoms with Gasteiger partial charge in [0.05, 0.1) is 0 Å². The molecule has 2 rings (SSSR count). The van der Waals surface area contributed by atoms with Gasteiger partial charge in [-0.25, -0.2) is 0 Å². The Kier molecular flexibility index (Phi) is 5.62. The zero-order chi connectivity index (χ0) is 14.5. The van der Waals surface area contributed by atoms with Gasteiger partial charge in [-0.15, -0.1) is 0 Å². The van der Waals surface area contributed by atoms with Gasteiger partial charge in [-0.3, -0.25) is 0 Å². The van der Waals surface area contributed by atoms with Gasteiger partial charge >= 0.3 is 0 Å². The van der Waals surface area contributed by atoms with Crippen molar-refractivity contribution in [3.05, 3.63) is 34.9 Å². The fraction of sp³-hybridized carbons (Fsp3) is 0.667. The molecular formula is C18H30N2. The van der Waals surface area contributed by atoms with Crippen LogP contribution in [0.5, 0.6) is 0 Å². The first-order chi connectivity index (χ1) is 9.63. The SMILES string of the molecule is CCNC(CN1CCC(CC)C1)c1cc(C)ccc1C. The molecule has 0 aromatic heterocycles. The molecule has 2 heteroatoms. The maximum atomic E-state index is 3.69. The van der Waals surface area contributed by atoms with Crippen molar-refractivity contribution in [1.29, 1.82) is 0 Å². The van der Waals surface area contributed by atoms with Crippen LogP contribution in [0.4, 0.5) is 0 Å². The van der Waals surface area contributed by atoms with Crippen LogP contribution in [0, 0.1) is 19.8 Å². The molecule has 0 bridgehead atoms. The van der Waals surface area contributed by atoms with Crippen molar-refractivity contribution in [1.82, 2.24) is 10.2 Å². The fourth-order valence-electron chi connectivity index (χ4n) is 3.32.